The van der Waals surface area contributed by atoms with Gasteiger partial charge >= 0.3 is 5.97 Å². The van der Waals surface area contributed by atoms with E-state index in [-0.39, 0.29) is 11.7 Å². The molecule has 0 heterocycles. The number of rotatable bonds is 7. The Morgan fingerprint density at radius 3 is 2.18 bits per heavy atom. The molecule has 1 fully saturated rings. The molecule has 2 atom stereocenters. The summed E-state index contributed by atoms with van der Waals surface area (Å²) in [5.74, 6) is -2.02. The lowest BCUT2D eigenvalue weighted by molar-refractivity contribution is -0.148. The second kappa shape index (κ2) is 10.2. The van der Waals surface area contributed by atoms with Crippen LogP contribution in [0.2, 0.25) is 0 Å². The van der Waals surface area contributed by atoms with Crippen LogP contribution >= 0.6 is 0 Å². The first-order chi connectivity index (χ1) is 13.0. The summed E-state index contributed by atoms with van der Waals surface area (Å²) in [6, 6.07) is -1.73. The van der Waals surface area contributed by atoms with Crippen LogP contribution in [0, 0.1) is 16.7 Å². The number of amides is 2. The predicted octanol–water partition coefficient (Wildman–Crippen LogP) is 2.24. The molecule has 0 aromatic heterocycles. The average molecular weight is 396 g/mol. The largest absolute Gasteiger partial charge is 0.513 e. The number of esters is 1. The molecule has 4 N–H and O–H groups in total. The number of aliphatic hydroxyl groups is 1. The Hall–Kier alpha value is -2.38. The zero-order chi connectivity index (χ0) is 21.5. The molecular formula is C20H33N3O5. The van der Waals surface area contributed by atoms with Crippen molar-refractivity contribution in [3.8, 4) is 0 Å². The summed E-state index contributed by atoms with van der Waals surface area (Å²) >= 11 is 0. The van der Waals surface area contributed by atoms with Crippen molar-refractivity contribution < 1.29 is 24.2 Å². The molecule has 28 heavy (non-hydrogen) atoms. The summed E-state index contributed by atoms with van der Waals surface area (Å²) in [7, 11) is 1.26. The fraction of sp³-hybridized carbons (Fsp3) is 0.700. The van der Waals surface area contributed by atoms with Crippen molar-refractivity contribution in [3.63, 3.8) is 0 Å². The Kier molecular flexibility index (Phi) is 8.65. The van der Waals surface area contributed by atoms with Gasteiger partial charge in [0, 0.05) is 6.08 Å². The van der Waals surface area contributed by atoms with E-state index in [1.807, 2.05) is 20.8 Å². The maximum absolute atomic E-state index is 13.0. The topological polar surface area (TPSA) is 129 Å². The first kappa shape index (κ1) is 23.7. The van der Waals surface area contributed by atoms with Crippen LogP contribution in [-0.4, -0.2) is 47.8 Å². The van der Waals surface area contributed by atoms with Crippen molar-refractivity contribution >= 4 is 23.5 Å². The highest BCUT2D eigenvalue weighted by Crippen LogP contribution is 2.27. The molecule has 0 aromatic rings. The Morgan fingerprint density at radius 1 is 1.14 bits per heavy atom. The van der Waals surface area contributed by atoms with Crippen LogP contribution in [0.5, 0.6) is 0 Å². The van der Waals surface area contributed by atoms with Crippen molar-refractivity contribution in [2.75, 3.05) is 7.11 Å². The monoisotopic (exact) mass is 395 g/mol. The van der Waals surface area contributed by atoms with Gasteiger partial charge in [0.15, 0.2) is 0 Å². The molecule has 0 aromatic carbocycles. The second-order valence-electron chi connectivity index (χ2n) is 8.38. The lowest BCUT2D eigenvalue weighted by atomic mass is 9.82. The standard InChI is InChI=1S/C20H33N3O5/c1-12(24)11-14(21)17(25)22-15(13-9-7-6-8-10-13)18(26)23-16(19(27)28-5)20(2,3)4/h11,13,15-16,21,24H,6-10H2,1-5H3,(H,22,25)(H,23,26)/b12-11-,21-14?/t15-,16+/m0/s1. The van der Waals surface area contributed by atoms with Crippen LogP contribution in [0.15, 0.2) is 11.8 Å². The smallest absolute Gasteiger partial charge is 0.328 e. The lowest BCUT2D eigenvalue weighted by Gasteiger charge is -2.34. The van der Waals surface area contributed by atoms with Gasteiger partial charge < -0.3 is 20.5 Å². The molecule has 8 heteroatoms. The number of carbonyl (C=O) groups excluding carboxylic acids is 3. The molecule has 0 spiro atoms. The van der Waals surface area contributed by atoms with Crippen molar-refractivity contribution in [1.29, 1.82) is 5.41 Å². The van der Waals surface area contributed by atoms with Crippen molar-refractivity contribution in [2.24, 2.45) is 11.3 Å². The van der Waals surface area contributed by atoms with Crippen LogP contribution in [0.25, 0.3) is 0 Å². The van der Waals surface area contributed by atoms with Gasteiger partial charge in [-0.05, 0) is 31.1 Å². The van der Waals surface area contributed by atoms with Gasteiger partial charge in [-0.1, -0.05) is 40.0 Å². The van der Waals surface area contributed by atoms with E-state index in [9.17, 15) is 19.5 Å². The molecule has 1 saturated carbocycles. The molecule has 1 aliphatic carbocycles. The molecule has 1 aliphatic rings. The minimum Gasteiger partial charge on any atom is -0.513 e. The van der Waals surface area contributed by atoms with Crippen LogP contribution in [0.3, 0.4) is 0 Å². The minimum absolute atomic E-state index is 0.0806. The Morgan fingerprint density at radius 2 is 1.71 bits per heavy atom. The van der Waals surface area contributed by atoms with E-state index in [0.717, 1.165) is 38.2 Å². The highest BCUT2D eigenvalue weighted by atomic mass is 16.5. The Balaban J connectivity index is 3.04. The summed E-state index contributed by atoms with van der Waals surface area (Å²) in [6.45, 7) is 6.80. The van der Waals surface area contributed by atoms with Crippen LogP contribution in [0.4, 0.5) is 0 Å². The molecule has 0 aliphatic heterocycles. The molecule has 2 amide bonds. The number of hydrogen-bond acceptors (Lipinski definition) is 6. The number of allylic oxidation sites excluding steroid dienone is 1. The van der Waals surface area contributed by atoms with E-state index in [1.54, 1.807) is 0 Å². The number of nitrogens with one attached hydrogen (secondary N) is 3. The number of aliphatic hydroxyl groups excluding tert-OH is 1. The second-order valence-corrected chi connectivity index (χ2v) is 8.38. The zero-order valence-corrected chi connectivity index (χ0v) is 17.4. The van der Waals surface area contributed by atoms with Gasteiger partial charge in [0.05, 0.1) is 12.9 Å². The summed E-state index contributed by atoms with van der Waals surface area (Å²) < 4.78 is 4.82. The van der Waals surface area contributed by atoms with Gasteiger partial charge in [-0.25, -0.2) is 4.79 Å². The molecule has 0 saturated heterocycles. The van der Waals surface area contributed by atoms with Gasteiger partial charge in [-0.15, -0.1) is 0 Å². The summed E-state index contributed by atoms with van der Waals surface area (Å²) in [4.78, 5) is 37.5. The normalized spacial score (nSPS) is 18.0. The van der Waals surface area contributed by atoms with E-state index in [1.165, 1.54) is 14.0 Å². The van der Waals surface area contributed by atoms with Gasteiger partial charge in [0.1, 0.15) is 17.8 Å². The third-order valence-corrected chi connectivity index (χ3v) is 4.88. The van der Waals surface area contributed by atoms with Crippen molar-refractivity contribution in [3.05, 3.63) is 11.8 Å². The van der Waals surface area contributed by atoms with Crippen LogP contribution in [0.1, 0.15) is 59.8 Å². The first-order valence-corrected chi connectivity index (χ1v) is 9.62. The molecule has 0 radical (unpaired) electrons. The minimum atomic E-state index is -0.868. The van der Waals surface area contributed by atoms with Gasteiger partial charge in [-0.2, -0.15) is 0 Å². The van der Waals surface area contributed by atoms with Crippen LogP contribution < -0.4 is 10.6 Å². The summed E-state index contributed by atoms with van der Waals surface area (Å²) in [5, 5.41) is 22.4. The molecular weight excluding hydrogens is 362 g/mol. The number of methoxy groups -OCH3 is 1. The predicted molar refractivity (Wildman–Crippen MR) is 106 cm³/mol. The number of hydrogen-bond donors (Lipinski definition) is 4. The fourth-order valence-electron chi connectivity index (χ4n) is 3.34. The van der Waals surface area contributed by atoms with Crippen molar-refractivity contribution in [2.45, 2.75) is 71.9 Å². The molecule has 8 nitrogen and oxygen atoms in total. The van der Waals surface area contributed by atoms with E-state index in [4.69, 9.17) is 10.1 Å². The summed E-state index contributed by atoms with van der Waals surface area (Å²) in [6.07, 6.45) is 5.57. The van der Waals surface area contributed by atoms with E-state index < -0.39 is 41.0 Å². The third-order valence-electron chi connectivity index (χ3n) is 4.88. The molecule has 1 rings (SSSR count). The first-order valence-electron chi connectivity index (χ1n) is 9.62. The van der Waals surface area contributed by atoms with E-state index in [0.29, 0.717) is 0 Å². The van der Waals surface area contributed by atoms with Gasteiger partial charge in [-0.3, -0.25) is 15.0 Å². The van der Waals surface area contributed by atoms with Crippen molar-refractivity contribution in [1.82, 2.24) is 10.6 Å². The van der Waals surface area contributed by atoms with E-state index in [2.05, 4.69) is 10.6 Å². The van der Waals surface area contributed by atoms with Gasteiger partial charge in [0.2, 0.25) is 5.91 Å². The average Bonchev–Trinajstić information content (AvgIpc) is 2.62. The zero-order valence-electron chi connectivity index (χ0n) is 17.4. The summed E-state index contributed by atoms with van der Waals surface area (Å²) in [5.41, 5.74) is -1.01. The quantitative estimate of drug-likeness (QED) is 0.298. The fourth-order valence-corrected chi connectivity index (χ4v) is 3.34. The number of ether oxygens (including phenoxy) is 1. The van der Waals surface area contributed by atoms with Crippen LogP contribution in [-0.2, 0) is 19.1 Å². The third kappa shape index (κ3) is 6.98. The Bertz CT molecular complexity index is 626. The number of carbonyl (C=O) groups is 3. The highest BCUT2D eigenvalue weighted by molar-refractivity contribution is 6.42. The molecule has 158 valence electrons. The van der Waals surface area contributed by atoms with E-state index >= 15 is 0 Å². The highest BCUT2D eigenvalue weighted by Gasteiger charge is 2.38. The SMILES string of the molecule is COC(=O)[C@@H](NC(=O)[C@@H](NC(=O)C(=N)/C=C(/C)O)C1CCCCC1)C(C)(C)C. The maximum atomic E-state index is 13.0. The van der Waals surface area contributed by atoms with Gasteiger partial charge in [0.25, 0.3) is 5.91 Å². The Labute approximate surface area is 166 Å². The lowest BCUT2D eigenvalue weighted by Crippen LogP contribution is -2.58. The molecule has 0 unspecified atom stereocenters. The molecule has 0 bridgehead atoms. The maximum Gasteiger partial charge on any atom is 0.328 e.